The van der Waals surface area contributed by atoms with E-state index in [0.717, 1.165) is 36.9 Å². The third-order valence-corrected chi connectivity index (χ3v) is 6.80. The largest absolute Gasteiger partial charge is 0.508 e. The van der Waals surface area contributed by atoms with Gasteiger partial charge in [0.1, 0.15) is 11.6 Å². The van der Waals surface area contributed by atoms with E-state index in [9.17, 15) is 19.0 Å². The van der Waals surface area contributed by atoms with Gasteiger partial charge in [0, 0.05) is 17.3 Å². The van der Waals surface area contributed by atoms with Crippen LogP contribution in [0.5, 0.6) is 5.75 Å². The summed E-state index contributed by atoms with van der Waals surface area (Å²) in [4.78, 5) is 2.22. The predicted octanol–water partition coefficient (Wildman–Crippen LogP) is 7.40. The summed E-state index contributed by atoms with van der Waals surface area (Å²) < 4.78 is 26.8. The van der Waals surface area contributed by atoms with Crippen molar-refractivity contribution in [2.75, 3.05) is 0 Å². The molecular weight excluding hydrogens is 432 g/mol. The zero-order chi connectivity index (χ0) is 24.2. The molecule has 2 N–H and O–H groups in total. The van der Waals surface area contributed by atoms with E-state index in [1.807, 2.05) is 12.1 Å². The molecule has 3 atom stereocenters. The van der Waals surface area contributed by atoms with Crippen molar-refractivity contribution in [2.45, 2.75) is 51.2 Å². The van der Waals surface area contributed by atoms with Gasteiger partial charge in [0.2, 0.25) is 0 Å². The maximum atomic E-state index is 13.5. The van der Waals surface area contributed by atoms with Crippen LogP contribution in [0.15, 0.2) is 96.1 Å². The van der Waals surface area contributed by atoms with Crippen molar-refractivity contribution in [1.82, 2.24) is 4.90 Å². The second-order valence-electron chi connectivity index (χ2n) is 9.05. The number of aromatic hydroxyl groups is 1. The number of benzene rings is 2. The SMILES string of the molecule is C=C/C(=C\C=C(/C)F)N1C(=C2CCC2)[C@H](CC[C@H](O)c2ccc(F)cc2)[C@H]1c1ccc(O)cc1. The molecule has 2 aliphatic rings. The van der Waals surface area contributed by atoms with Crippen molar-refractivity contribution < 1.29 is 19.0 Å². The maximum absolute atomic E-state index is 13.5. The number of aliphatic hydroxyl groups excluding tert-OH is 1. The van der Waals surface area contributed by atoms with Crippen molar-refractivity contribution >= 4 is 0 Å². The molecule has 0 radical (unpaired) electrons. The summed E-state index contributed by atoms with van der Waals surface area (Å²) in [5.41, 5.74) is 5.18. The molecule has 0 amide bonds. The number of phenols is 1. The first kappa shape index (κ1) is 24.0. The Labute approximate surface area is 200 Å². The molecule has 0 aromatic heterocycles. The fourth-order valence-electron chi connectivity index (χ4n) is 4.90. The standard InChI is InChI=1S/C29H31F2NO2/c1-3-24(14-7-19(2)30)32-28(21-5-4-6-21)26(29(32)22-10-15-25(33)16-11-22)17-18-27(34)20-8-12-23(31)13-9-20/h3,7-16,26-27,29,33-34H,1,4-6,17-18H2,2H3/b19-7+,24-14+/t26-,27-,29+/m0/s1. The third-order valence-electron chi connectivity index (χ3n) is 6.80. The highest BCUT2D eigenvalue weighted by atomic mass is 19.1. The van der Waals surface area contributed by atoms with Gasteiger partial charge in [-0.15, -0.1) is 0 Å². The molecule has 178 valence electrons. The van der Waals surface area contributed by atoms with Crippen LogP contribution in [-0.2, 0) is 0 Å². The molecule has 1 aliphatic heterocycles. The van der Waals surface area contributed by atoms with Crippen LogP contribution in [-0.4, -0.2) is 15.1 Å². The van der Waals surface area contributed by atoms with Gasteiger partial charge < -0.3 is 15.1 Å². The van der Waals surface area contributed by atoms with Crippen molar-refractivity contribution in [1.29, 1.82) is 0 Å². The fourth-order valence-corrected chi connectivity index (χ4v) is 4.90. The summed E-state index contributed by atoms with van der Waals surface area (Å²) in [5, 5.41) is 20.6. The normalized spacial score (nSPS) is 21.7. The molecule has 1 saturated heterocycles. The van der Waals surface area contributed by atoms with E-state index >= 15 is 0 Å². The average Bonchev–Trinajstić information content (AvgIpc) is 2.78. The van der Waals surface area contributed by atoms with Gasteiger partial charge in [-0.05, 0) is 92.6 Å². The fraction of sp³-hybridized carbons (Fsp3) is 0.310. The van der Waals surface area contributed by atoms with Crippen LogP contribution in [0.2, 0.25) is 0 Å². The molecule has 2 aromatic rings. The summed E-state index contributed by atoms with van der Waals surface area (Å²) >= 11 is 0. The Kier molecular flexibility index (Phi) is 7.32. The van der Waals surface area contributed by atoms with Crippen LogP contribution >= 0.6 is 0 Å². The summed E-state index contributed by atoms with van der Waals surface area (Å²) in [6.45, 7) is 5.39. The highest BCUT2D eigenvalue weighted by molar-refractivity contribution is 5.43. The number of hydrogen-bond donors (Lipinski definition) is 2. The van der Waals surface area contributed by atoms with E-state index in [1.54, 1.807) is 36.4 Å². The van der Waals surface area contributed by atoms with E-state index in [1.165, 1.54) is 36.4 Å². The van der Waals surface area contributed by atoms with Gasteiger partial charge in [0.15, 0.2) is 0 Å². The van der Waals surface area contributed by atoms with Crippen LogP contribution in [0.4, 0.5) is 8.78 Å². The van der Waals surface area contributed by atoms with Crippen LogP contribution in [0.25, 0.3) is 0 Å². The minimum Gasteiger partial charge on any atom is -0.508 e. The lowest BCUT2D eigenvalue weighted by molar-refractivity contribution is 0.0861. The van der Waals surface area contributed by atoms with E-state index in [0.29, 0.717) is 12.0 Å². The van der Waals surface area contributed by atoms with Crippen LogP contribution in [0.3, 0.4) is 0 Å². The number of hydrogen-bond acceptors (Lipinski definition) is 3. The molecule has 1 saturated carbocycles. The monoisotopic (exact) mass is 463 g/mol. The molecule has 5 heteroatoms. The van der Waals surface area contributed by atoms with Gasteiger partial charge in [0.05, 0.1) is 18.0 Å². The molecule has 0 bridgehead atoms. The Balaban J connectivity index is 1.67. The van der Waals surface area contributed by atoms with Crippen molar-refractivity contribution in [3.05, 3.63) is 113 Å². The van der Waals surface area contributed by atoms with Crippen molar-refractivity contribution in [3.8, 4) is 5.75 Å². The zero-order valence-electron chi connectivity index (χ0n) is 19.4. The smallest absolute Gasteiger partial charge is 0.123 e. The van der Waals surface area contributed by atoms with Gasteiger partial charge in [-0.2, -0.15) is 0 Å². The van der Waals surface area contributed by atoms with Crippen molar-refractivity contribution in [3.63, 3.8) is 0 Å². The van der Waals surface area contributed by atoms with E-state index in [2.05, 4.69) is 11.5 Å². The Morgan fingerprint density at radius 2 is 1.79 bits per heavy atom. The molecule has 4 rings (SSSR count). The number of aliphatic hydroxyl groups is 1. The minimum atomic E-state index is -0.686. The first-order valence-electron chi connectivity index (χ1n) is 11.8. The maximum Gasteiger partial charge on any atom is 0.123 e. The second kappa shape index (κ2) is 10.4. The number of allylic oxidation sites excluding steroid dienone is 5. The molecule has 1 heterocycles. The zero-order valence-corrected chi connectivity index (χ0v) is 19.4. The number of phenolic OH excluding ortho intramolecular Hbond substituents is 1. The van der Waals surface area contributed by atoms with Gasteiger partial charge >= 0.3 is 0 Å². The van der Waals surface area contributed by atoms with Crippen LogP contribution in [0.1, 0.15) is 62.3 Å². The molecule has 2 fully saturated rings. The Hall–Kier alpha value is -3.18. The second-order valence-corrected chi connectivity index (χ2v) is 9.05. The van der Waals surface area contributed by atoms with Crippen LogP contribution in [0, 0.1) is 11.7 Å². The Morgan fingerprint density at radius 3 is 2.35 bits per heavy atom. The molecule has 0 unspecified atom stereocenters. The Morgan fingerprint density at radius 1 is 1.12 bits per heavy atom. The van der Waals surface area contributed by atoms with Crippen LogP contribution < -0.4 is 0 Å². The molecule has 34 heavy (non-hydrogen) atoms. The molecule has 2 aromatic carbocycles. The average molecular weight is 464 g/mol. The number of halogens is 2. The summed E-state index contributed by atoms with van der Waals surface area (Å²) in [7, 11) is 0. The number of nitrogens with zero attached hydrogens (tertiary/aromatic N) is 1. The number of rotatable bonds is 8. The van der Waals surface area contributed by atoms with Crippen molar-refractivity contribution in [2.24, 2.45) is 5.92 Å². The summed E-state index contributed by atoms with van der Waals surface area (Å²) in [6.07, 6.45) is 8.75. The van der Waals surface area contributed by atoms with E-state index in [-0.39, 0.29) is 29.4 Å². The van der Waals surface area contributed by atoms with E-state index < -0.39 is 6.10 Å². The topological polar surface area (TPSA) is 43.7 Å². The predicted molar refractivity (Wildman–Crippen MR) is 131 cm³/mol. The lowest BCUT2D eigenvalue weighted by Gasteiger charge is -2.55. The molecular formula is C29H31F2NO2. The summed E-state index contributed by atoms with van der Waals surface area (Å²) in [6, 6.07) is 13.1. The number of likely N-dealkylation sites (tertiary alicyclic amines) is 1. The minimum absolute atomic E-state index is 0.0262. The summed E-state index contributed by atoms with van der Waals surface area (Å²) in [5.74, 6) is -0.242. The first-order chi connectivity index (χ1) is 16.4. The first-order valence-corrected chi connectivity index (χ1v) is 11.8. The highest BCUT2D eigenvalue weighted by Gasteiger charge is 2.47. The molecule has 0 spiro atoms. The van der Waals surface area contributed by atoms with Gasteiger partial charge in [-0.3, -0.25) is 0 Å². The molecule has 3 nitrogen and oxygen atoms in total. The van der Waals surface area contributed by atoms with Gasteiger partial charge in [0.25, 0.3) is 0 Å². The quantitative estimate of drug-likeness (QED) is 0.401. The lowest BCUT2D eigenvalue weighted by Crippen LogP contribution is -2.48. The van der Waals surface area contributed by atoms with Gasteiger partial charge in [-0.1, -0.05) is 36.4 Å². The highest BCUT2D eigenvalue weighted by Crippen LogP contribution is 2.56. The van der Waals surface area contributed by atoms with E-state index in [4.69, 9.17) is 0 Å². The third kappa shape index (κ3) is 5.00. The van der Waals surface area contributed by atoms with Gasteiger partial charge in [-0.25, -0.2) is 8.78 Å². The Bertz CT molecular complexity index is 1110. The molecule has 1 aliphatic carbocycles. The lowest BCUT2D eigenvalue weighted by atomic mass is 9.71.